The minimum atomic E-state index is -0.282. The number of hydrogen-bond donors (Lipinski definition) is 0. The van der Waals surface area contributed by atoms with E-state index in [4.69, 9.17) is 4.74 Å². The highest BCUT2D eigenvalue weighted by Crippen LogP contribution is 2.37. The summed E-state index contributed by atoms with van der Waals surface area (Å²) < 4.78 is 18.5. The van der Waals surface area contributed by atoms with E-state index in [1.165, 1.54) is 12.1 Å². The monoisotopic (exact) mass is 190 g/mol. The Balaban J connectivity index is 2.57. The lowest BCUT2D eigenvalue weighted by Gasteiger charge is -2.27. The largest absolute Gasteiger partial charge is 0.485 e. The van der Waals surface area contributed by atoms with Crippen molar-refractivity contribution in [2.75, 3.05) is 0 Å². The predicted octanol–water partition coefficient (Wildman–Crippen LogP) is 3.18. The second-order valence-corrected chi connectivity index (χ2v) is 3.40. The average Bonchev–Trinajstić information content (AvgIpc) is 2.16. The van der Waals surface area contributed by atoms with Crippen LogP contribution < -0.4 is 4.74 Å². The molecule has 1 nitrogen and oxygen atoms in total. The number of benzene rings is 1. The first-order chi connectivity index (χ1) is 6.59. The highest BCUT2D eigenvalue weighted by molar-refractivity contribution is 5.82. The number of ether oxygens (including phenoxy) is 1. The van der Waals surface area contributed by atoms with Crippen molar-refractivity contribution >= 4 is 5.57 Å². The van der Waals surface area contributed by atoms with Crippen LogP contribution >= 0.6 is 0 Å². The fraction of sp³-hybridized carbons (Fsp3) is 0.167. The average molecular weight is 190 g/mol. The maximum atomic E-state index is 13.0. The van der Waals surface area contributed by atoms with Gasteiger partial charge in [0.2, 0.25) is 0 Å². The van der Waals surface area contributed by atoms with Gasteiger partial charge in [-0.2, -0.15) is 0 Å². The van der Waals surface area contributed by atoms with Crippen molar-refractivity contribution in [3.63, 3.8) is 0 Å². The Morgan fingerprint density at radius 1 is 1.36 bits per heavy atom. The lowest BCUT2D eigenvalue weighted by Crippen LogP contribution is -2.20. The first-order valence-corrected chi connectivity index (χ1v) is 4.44. The van der Waals surface area contributed by atoms with Crippen LogP contribution in [0.15, 0.2) is 36.9 Å². The Morgan fingerprint density at radius 3 is 2.79 bits per heavy atom. The lowest BCUT2D eigenvalue weighted by atomic mass is 9.94. The maximum absolute atomic E-state index is 13.0. The minimum Gasteiger partial charge on any atom is -0.485 e. The second kappa shape index (κ2) is 2.98. The molecule has 0 saturated heterocycles. The highest BCUT2D eigenvalue weighted by Gasteiger charge is 2.22. The van der Waals surface area contributed by atoms with Crippen LogP contribution in [0.25, 0.3) is 5.57 Å². The first kappa shape index (κ1) is 9.00. The third-order valence-corrected chi connectivity index (χ3v) is 2.45. The fourth-order valence-corrected chi connectivity index (χ4v) is 1.52. The zero-order chi connectivity index (χ0) is 10.3. The van der Waals surface area contributed by atoms with E-state index in [0.717, 1.165) is 11.1 Å². The molecule has 1 aromatic carbocycles. The van der Waals surface area contributed by atoms with Gasteiger partial charge in [0.25, 0.3) is 0 Å². The molecule has 0 bridgehead atoms. The van der Waals surface area contributed by atoms with Crippen molar-refractivity contribution in [1.29, 1.82) is 0 Å². The molecule has 1 aliphatic rings. The Labute approximate surface area is 82.5 Å². The summed E-state index contributed by atoms with van der Waals surface area (Å²) in [4.78, 5) is 0. The van der Waals surface area contributed by atoms with Crippen molar-refractivity contribution in [3.05, 3.63) is 48.3 Å². The van der Waals surface area contributed by atoms with Crippen molar-refractivity contribution < 1.29 is 9.13 Å². The predicted molar refractivity (Wildman–Crippen MR) is 54.7 cm³/mol. The van der Waals surface area contributed by atoms with Gasteiger partial charge in [-0.05, 0) is 36.3 Å². The molecule has 2 heteroatoms. The number of hydrogen-bond acceptors (Lipinski definition) is 1. The van der Waals surface area contributed by atoms with E-state index < -0.39 is 0 Å². The molecule has 2 rings (SSSR count). The summed E-state index contributed by atoms with van der Waals surface area (Å²) in [5.74, 6) is 0.396. The van der Waals surface area contributed by atoms with Crippen LogP contribution in [-0.4, -0.2) is 6.10 Å². The summed E-state index contributed by atoms with van der Waals surface area (Å²) >= 11 is 0. The van der Waals surface area contributed by atoms with Gasteiger partial charge >= 0.3 is 0 Å². The van der Waals surface area contributed by atoms with Crippen LogP contribution in [0.5, 0.6) is 5.75 Å². The van der Waals surface area contributed by atoms with Gasteiger partial charge in [0.15, 0.2) is 0 Å². The van der Waals surface area contributed by atoms with E-state index in [1.807, 2.05) is 6.92 Å². The molecule has 1 atom stereocenters. The topological polar surface area (TPSA) is 9.23 Å². The van der Waals surface area contributed by atoms with Crippen molar-refractivity contribution in [1.82, 2.24) is 0 Å². The quantitative estimate of drug-likeness (QED) is 0.610. The molecule has 0 amide bonds. The normalized spacial score (nSPS) is 20.3. The smallest absolute Gasteiger partial charge is 0.128 e. The van der Waals surface area contributed by atoms with E-state index in [9.17, 15) is 4.39 Å². The molecule has 0 N–H and O–H groups in total. The third-order valence-electron chi connectivity index (χ3n) is 2.45. The van der Waals surface area contributed by atoms with Crippen LogP contribution in [0.1, 0.15) is 12.5 Å². The molecule has 0 spiro atoms. The van der Waals surface area contributed by atoms with E-state index in [0.29, 0.717) is 11.3 Å². The zero-order valence-electron chi connectivity index (χ0n) is 8.01. The molecule has 1 aliphatic heterocycles. The molecular weight excluding hydrogens is 179 g/mol. The SMILES string of the molecule is C=C1C(=C)C(C)Oc2ccc(F)cc21. The summed E-state index contributed by atoms with van der Waals surface area (Å²) in [6.45, 7) is 9.64. The third kappa shape index (κ3) is 1.23. The van der Waals surface area contributed by atoms with Gasteiger partial charge < -0.3 is 4.74 Å². The molecule has 1 aromatic rings. The van der Waals surface area contributed by atoms with E-state index in [1.54, 1.807) is 6.07 Å². The maximum Gasteiger partial charge on any atom is 0.128 e. The van der Waals surface area contributed by atoms with Crippen LogP contribution in [-0.2, 0) is 0 Å². The summed E-state index contributed by atoms with van der Waals surface area (Å²) in [5.41, 5.74) is 2.27. The van der Waals surface area contributed by atoms with Gasteiger partial charge in [-0.1, -0.05) is 13.2 Å². The molecule has 0 aliphatic carbocycles. The van der Waals surface area contributed by atoms with Gasteiger partial charge in [0, 0.05) is 5.56 Å². The van der Waals surface area contributed by atoms with Gasteiger partial charge in [-0.25, -0.2) is 4.39 Å². The molecule has 1 unspecified atom stereocenters. The zero-order valence-corrected chi connectivity index (χ0v) is 8.01. The molecule has 0 saturated carbocycles. The van der Waals surface area contributed by atoms with Gasteiger partial charge in [0.05, 0.1) is 0 Å². The van der Waals surface area contributed by atoms with Gasteiger partial charge in [-0.15, -0.1) is 0 Å². The number of rotatable bonds is 0. The van der Waals surface area contributed by atoms with E-state index in [2.05, 4.69) is 13.2 Å². The fourth-order valence-electron chi connectivity index (χ4n) is 1.52. The van der Waals surface area contributed by atoms with Crippen LogP contribution in [0, 0.1) is 5.82 Å². The second-order valence-electron chi connectivity index (χ2n) is 3.40. The van der Waals surface area contributed by atoms with Crippen molar-refractivity contribution in [3.8, 4) is 5.75 Å². The standard InChI is InChI=1S/C12H11FO/c1-7-8(2)11-6-10(13)4-5-12(11)14-9(7)3/h4-6,9H,1-2H2,3H3. The Kier molecular flexibility index (Phi) is 1.92. The van der Waals surface area contributed by atoms with Crippen LogP contribution in [0.3, 0.4) is 0 Å². The highest BCUT2D eigenvalue weighted by atomic mass is 19.1. The summed E-state index contributed by atoms with van der Waals surface area (Å²) in [6, 6.07) is 4.43. The van der Waals surface area contributed by atoms with Crippen molar-refractivity contribution in [2.24, 2.45) is 0 Å². The number of halogens is 1. The van der Waals surface area contributed by atoms with Gasteiger partial charge in [0.1, 0.15) is 17.7 Å². The Hall–Kier alpha value is -1.57. The Bertz CT molecular complexity index is 420. The Morgan fingerprint density at radius 2 is 2.07 bits per heavy atom. The summed E-state index contributed by atoms with van der Waals surface area (Å²) in [7, 11) is 0. The molecule has 14 heavy (non-hydrogen) atoms. The first-order valence-electron chi connectivity index (χ1n) is 4.44. The van der Waals surface area contributed by atoms with E-state index in [-0.39, 0.29) is 11.9 Å². The van der Waals surface area contributed by atoms with Gasteiger partial charge in [-0.3, -0.25) is 0 Å². The summed E-state index contributed by atoms with van der Waals surface area (Å²) in [6.07, 6.45) is -0.0829. The molecule has 72 valence electrons. The van der Waals surface area contributed by atoms with E-state index >= 15 is 0 Å². The molecule has 1 heterocycles. The summed E-state index contributed by atoms with van der Waals surface area (Å²) in [5, 5.41) is 0. The van der Waals surface area contributed by atoms with Crippen LogP contribution in [0.4, 0.5) is 4.39 Å². The molecule has 0 radical (unpaired) electrons. The van der Waals surface area contributed by atoms with Crippen molar-refractivity contribution in [2.45, 2.75) is 13.0 Å². The molecular formula is C12H11FO. The molecule has 0 aromatic heterocycles. The number of fused-ring (bicyclic) bond motifs is 1. The van der Waals surface area contributed by atoms with Crippen LogP contribution in [0.2, 0.25) is 0 Å². The molecule has 0 fully saturated rings. The lowest BCUT2D eigenvalue weighted by molar-refractivity contribution is 0.255. The minimum absolute atomic E-state index is 0.0829.